The average molecular weight is 338 g/mol. The van der Waals surface area contributed by atoms with Crippen LogP contribution in [-0.2, 0) is 16.0 Å². The topological polar surface area (TPSA) is 108 Å². The summed E-state index contributed by atoms with van der Waals surface area (Å²) in [5, 5.41) is 23.8. The minimum absolute atomic E-state index is 0.182. The molecule has 0 heterocycles. The van der Waals surface area contributed by atoms with Gasteiger partial charge in [0.2, 0.25) is 0 Å². The van der Waals surface area contributed by atoms with Crippen LogP contribution in [0.3, 0.4) is 0 Å². The molecule has 2 amide bonds. The summed E-state index contributed by atoms with van der Waals surface area (Å²) in [6.07, 6.45) is -0.658. The number of phenols is 2. The van der Waals surface area contributed by atoms with Gasteiger partial charge in [-0.15, -0.1) is 0 Å². The Labute approximate surface area is 142 Å². The molecule has 0 aliphatic heterocycles. The molecular weight excluding hydrogens is 312 g/mol. The number of hydrogen-bond acceptors (Lipinski definition) is 5. The maximum Gasteiger partial charge on any atom is 0.407 e. The van der Waals surface area contributed by atoms with E-state index in [1.165, 1.54) is 19.2 Å². The molecular formula is C17H26N2O5. The van der Waals surface area contributed by atoms with Gasteiger partial charge in [-0.05, 0) is 36.0 Å². The molecule has 0 fully saturated rings. The molecule has 0 saturated heterocycles. The van der Waals surface area contributed by atoms with Gasteiger partial charge in [0.25, 0.3) is 5.91 Å². The number of hydrogen-bond donors (Lipinski definition) is 4. The van der Waals surface area contributed by atoms with E-state index in [2.05, 4.69) is 10.6 Å². The van der Waals surface area contributed by atoms with Crippen molar-refractivity contribution in [1.82, 2.24) is 10.6 Å². The van der Waals surface area contributed by atoms with Crippen LogP contribution in [0.1, 0.15) is 32.8 Å². The Bertz CT molecular complexity index is 581. The quantitative estimate of drug-likeness (QED) is 0.593. The number of aromatic hydroxyl groups is 2. The molecule has 1 aromatic rings. The second-order valence-electron chi connectivity index (χ2n) is 6.77. The lowest BCUT2D eigenvalue weighted by Gasteiger charge is -2.25. The summed E-state index contributed by atoms with van der Waals surface area (Å²) in [5.41, 5.74) is 0.587. The van der Waals surface area contributed by atoms with Gasteiger partial charge >= 0.3 is 6.09 Å². The van der Waals surface area contributed by atoms with Crippen LogP contribution in [0.25, 0.3) is 0 Å². The standard InChI is InChI=1S/C17H26N2O5/c1-17(2,3)10-14(24-16(23)18-4)15(22)19-8-7-11-5-6-12(20)13(21)9-11/h5-6,9,14,20-21H,7-8,10H2,1-4H3,(H,18,23)(H,19,22)/t14-/m1/s1. The largest absolute Gasteiger partial charge is 0.504 e. The highest BCUT2D eigenvalue weighted by Crippen LogP contribution is 2.25. The molecule has 0 bridgehead atoms. The maximum atomic E-state index is 12.3. The van der Waals surface area contributed by atoms with Gasteiger partial charge in [0.15, 0.2) is 17.6 Å². The lowest BCUT2D eigenvalue weighted by Crippen LogP contribution is -2.42. The first-order valence-electron chi connectivity index (χ1n) is 7.79. The van der Waals surface area contributed by atoms with E-state index >= 15 is 0 Å². The van der Waals surface area contributed by atoms with Crippen molar-refractivity contribution in [3.63, 3.8) is 0 Å². The average Bonchev–Trinajstić information content (AvgIpc) is 2.48. The summed E-state index contributed by atoms with van der Waals surface area (Å²) in [4.78, 5) is 23.7. The number of ether oxygens (including phenoxy) is 1. The zero-order valence-electron chi connectivity index (χ0n) is 14.5. The summed E-state index contributed by atoms with van der Waals surface area (Å²) in [5.74, 6) is -0.754. The maximum absolute atomic E-state index is 12.3. The van der Waals surface area contributed by atoms with Crippen LogP contribution in [0.4, 0.5) is 4.79 Å². The van der Waals surface area contributed by atoms with E-state index in [1.54, 1.807) is 6.07 Å². The number of rotatable bonds is 6. The number of carbonyl (C=O) groups is 2. The Hall–Kier alpha value is -2.44. The lowest BCUT2D eigenvalue weighted by atomic mass is 9.89. The van der Waals surface area contributed by atoms with Gasteiger partial charge in [-0.1, -0.05) is 26.8 Å². The highest BCUT2D eigenvalue weighted by Gasteiger charge is 2.28. The predicted molar refractivity (Wildman–Crippen MR) is 89.9 cm³/mol. The fourth-order valence-corrected chi connectivity index (χ4v) is 2.10. The fourth-order valence-electron chi connectivity index (χ4n) is 2.10. The number of phenolic OH excluding ortho intramolecular Hbond substituents is 2. The molecule has 0 aliphatic carbocycles. The summed E-state index contributed by atoms with van der Waals surface area (Å²) in [6, 6.07) is 4.49. The second-order valence-corrected chi connectivity index (χ2v) is 6.77. The monoisotopic (exact) mass is 338 g/mol. The van der Waals surface area contributed by atoms with Crippen molar-refractivity contribution in [2.45, 2.75) is 39.7 Å². The summed E-state index contributed by atoms with van der Waals surface area (Å²) < 4.78 is 5.14. The Morgan fingerprint density at radius 1 is 1.21 bits per heavy atom. The number of alkyl carbamates (subject to hydrolysis) is 1. The molecule has 4 N–H and O–H groups in total. The van der Waals surface area contributed by atoms with Crippen LogP contribution in [0.2, 0.25) is 0 Å². The van der Waals surface area contributed by atoms with Gasteiger partial charge in [-0.25, -0.2) is 4.79 Å². The van der Waals surface area contributed by atoms with Crippen LogP contribution < -0.4 is 10.6 Å². The molecule has 1 aromatic carbocycles. The first-order valence-corrected chi connectivity index (χ1v) is 7.79. The number of benzene rings is 1. The van der Waals surface area contributed by atoms with E-state index < -0.39 is 12.2 Å². The van der Waals surface area contributed by atoms with E-state index in [1.807, 2.05) is 20.8 Å². The summed E-state index contributed by atoms with van der Waals surface area (Å²) in [6.45, 7) is 6.19. The molecule has 134 valence electrons. The van der Waals surface area contributed by atoms with Crippen molar-refractivity contribution >= 4 is 12.0 Å². The smallest absolute Gasteiger partial charge is 0.407 e. The molecule has 0 spiro atoms. The molecule has 7 nitrogen and oxygen atoms in total. The number of nitrogens with one attached hydrogen (secondary N) is 2. The molecule has 24 heavy (non-hydrogen) atoms. The molecule has 0 aromatic heterocycles. The van der Waals surface area contributed by atoms with Gasteiger partial charge in [0.1, 0.15) is 0 Å². The molecule has 1 atom stereocenters. The fraction of sp³-hybridized carbons (Fsp3) is 0.529. The molecule has 7 heteroatoms. The van der Waals surface area contributed by atoms with E-state index in [9.17, 15) is 19.8 Å². The van der Waals surface area contributed by atoms with Crippen molar-refractivity contribution in [3.8, 4) is 11.5 Å². The number of carbonyl (C=O) groups excluding carboxylic acids is 2. The Kier molecular flexibility index (Phi) is 6.88. The first kappa shape index (κ1) is 19.6. The van der Waals surface area contributed by atoms with Crippen molar-refractivity contribution < 1.29 is 24.5 Å². The molecule has 0 aliphatic rings. The highest BCUT2D eigenvalue weighted by molar-refractivity contribution is 5.83. The highest BCUT2D eigenvalue weighted by atomic mass is 16.6. The Balaban J connectivity index is 2.60. The zero-order chi connectivity index (χ0) is 18.3. The molecule has 0 unspecified atom stereocenters. The lowest BCUT2D eigenvalue weighted by molar-refractivity contribution is -0.130. The summed E-state index contributed by atoms with van der Waals surface area (Å²) in [7, 11) is 1.44. The minimum Gasteiger partial charge on any atom is -0.504 e. The van der Waals surface area contributed by atoms with E-state index in [4.69, 9.17) is 4.74 Å². The minimum atomic E-state index is -0.877. The van der Waals surface area contributed by atoms with Gasteiger partial charge in [0, 0.05) is 13.6 Å². The van der Waals surface area contributed by atoms with Crippen molar-refractivity contribution in [3.05, 3.63) is 23.8 Å². The SMILES string of the molecule is CNC(=O)O[C@H](CC(C)(C)C)C(=O)NCCc1ccc(O)c(O)c1. The normalized spacial score (nSPS) is 12.3. The molecule has 0 saturated carbocycles. The first-order chi connectivity index (χ1) is 11.1. The Morgan fingerprint density at radius 2 is 1.88 bits per heavy atom. The van der Waals surface area contributed by atoms with Crippen molar-refractivity contribution in [2.24, 2.45) is 5.41 Å². The predicted octanol–water partition coefficient (Wildman–Crippen LogP) is 1.92. The molecule has 0 radical (unpaired) electrons. The van der Waals surface area contributed by atoms with Gasteiger partial charge in [-0.3, -0.25) is 4.79 Å². The van der Waals surface area contributed by atoms with Crippen molar-refractivity contribution in [2.75, 3.05) is 13.6 Å². The van der Waals surface area contributed by atoms with Crippen molar-refractivity contribution in [1.29, 1.82) is 0 Å². The third kappa shape index (κ3) is 6.76. The Morgan fingerprint density at radius 3 is 2.42 bits per heavy atom. The third-order valence-corrected chi connectivity index (χ3v) is 3.30. The van der Waals surface area contributed by atoms with Crippen LogP contribution >= 0.6 is 0 Å². The van der Waals surface area contributed by atoms with Crippen LogP contribution in [0, 0.1) is 5.41 Å². The van der Waals surface area contributed by atoms with E-state index in [0.717, 1.165) is 5.56 Å². The summed E-state index contributed by atoms with van der Waals surface area (Å²) >= 11 is 0. The number of amides is 2. The van der Waals surface area contributed by atoms with Gasteiger partial charge in [0.05, 0.1) is 0 Å². The zero-order valence-corrected chi connectivity index (χ0v) is 14.5. The van der Waals surface area contributed by atoms with Gasteiger partial charge < -0.3 is 25.6 Å². The van der Waals surface area contributed by atoms with Crippen LogP contribution in [0.15, 0.2) is 18.2 Å². The molecule has 1 rings (SSSR count). The van der Waals surface area contributed by atoms with E-state index in [0.29, 0.717) is 19.4 Å². The van der Waals surface area contributed by atoms with E-state index in [-0.39, 0.29) is 22.8 Å². The van der Waals surface area contributed by atoms with Crippen LogP contribution in [-0.4, -0.2) is 41.9 Å². The second kappa shape index (κ2) is 8.42. The third-order valence-electron chi connectivity index (χ3n) is 3.30. The van der Waals surface area contributed by atoms with Gasteiger partial charge in [-0.2, -0.15) is 0 Å². The van der Waals surface area contributed by atoms with Crippen LogP contribution in [0.5, 0.6) is 11.5 Å².